The minimum absolute atomic E-state index is 0.0353. The third kappa shape index (κ3) is 7.26. The summed E-state index contributed by atoms with van der Waals surface area (Å²) in [6.45, 7) is 5.17. The Bertz CT molecular complexity index is 1220. The molecule has 0 spiro atoms. The molecular weight excluding hydrogens is 452 g/mol. The van der Waals surface area contributed by atoms with E-state index in [4.69, 9.17) is 4.74 Å². The second-order valence-corrected chi connectivity index (χ2v) is 10.5. The van der Waals surface area contributed by atoms with Gasteiger partial charge < -0.3 is 10.1 Å². The van der Waals surface area contributed by atoms with Gasteiger partial charge in [-0.2, -0.15) is 4.72 Å². The summed E-state index contributed by atoms with van der Waals surface area (Å²) < 4.78 is 34.0. The van der Waals surface area contributed by atoms with Crippen molar-refractivity contribution in [3.05, 3.63) is 96.1 Å². The average Bonchev–Trinajstić information content (AvgIpc) is 2.79. The van der Waals surface area contributed by atoms with E-state index in [0.29, 0.717) is 11.3 Å². The molecule has 0 aliphatic heterocycles. The third-order valence-electron chi connectivity index (χ3n) is 4.73. The molecule has 0 bridgehead atoms. The maximum absolute atomic E-state index is 13.1. The van der Waals surface area contributed by atoms with Crippen LogP contribution in [0.3, 0.4) is 0 Å². The molecule has 0 fully saturated rings. The quantitative estimate of drug-likeness (QED) is 0.471. The number of ether oxygens (including phenoxy) is 1. The van der Waals surface area contributed by atoms with Crippen molar-refractivity contribution in [2.24, 2.45) is 0 Å². The zero-order valence-electron chi connectivity index (χ0n) is 19.3. The molecule has 1 atom stereocenters. The number of hydrogen-bond acceptors (Lipinski definition) is 5. The lowest BCUT2D eigenvalue weighted by atomic mass is 10.1. The SMILES string of the molecule is CC(C)(C)OC(=O)C(Cc1ccccc1)NS(=O)(=O)c1ccc(NC(=O)c2ccccc2)cc1. The fourth-order valence-electron chi connectivity index (χ4n) is 3.16. The van der Waals surface area contributed by atoms with Crippen LogP contribution in [-0.2, 0) is 26.0 Å². The fourth-order valence-corrected chi connectivity index (χ4v) is 4.35. The summed E-state index contributed by atoms with van der Waals surface area (Å²) in [7, 11) is -4.04. The molecule has 0 aromatic heterocycles. The number of sulfonamides is 1. The lowest BCUT2D eigenvalue weighted by Crippen LogP contribution is -2.45. The molecular formula is C26H28N2O5S. The van der Waals surface area contributed by atoms with Gasteiger partial charge in [0.05, 0.1) is 4.90 Å². The molecule has 34 heavy (non-hydrogen) atoms. The number of anilines is 1. The largest absolute Gasteiger partial charge is 0.459 e. The lowest BCUT2D eigenvalue weighted by molar-refractivity contribution is -0.156. The average molecular weight is 481 g/mol. The van der Waals surface area contributed by atoms with Crippen LogP contribution < -0.4 is 10.0 Å². The van der Waals surface area contributed by atoms with Crippen LogP contribution in [0.25, 0.3) is 0 Å². The van der Waals surface area contributed by atoms with E-state index in [1.165, 1.54) is 24.3 Å². The molecule has 1 amide bonds. The van der Waals surface area contributed by atoms with Crippen molar-refractivity contribution < 1.29 is 22.7 Å². The minimum Gasteiger partial charge on any atom is -0.459 e. The number of benzene rings is 3. The molecule has 0 radical (unpaired) electrons. The van der Waals surface area contributed by atoms with Crippen molar-refractivity contribution >= 4 is 27.6 Å². The van der Waals surface area contributed by atoms with Crippen molar-refractivity contribution in [3.8, 4) is 0 Å². The molecule has 3 rings (SSSR count). The Balaban J connectivity index is 1.76. The standard InChI is InChI=1S/C26H28N2O5S/c1-26(2,3)33-25(30)23(18-19-10-6-4-7-11-19)28-34(31,32)22-16-14-21(15-17-22)27-24(29)20-12-8-5-9-13-20/h4-17,23,28H,18H2,1-3H3,(H,27,29). The summed E-state index contributed by atoms with van der Waals surface area (Å²) >= 11 is 0. The highest BCUT2D eigenvalue weighted by Gasteiger charge is 2.30. The van der Waals surface area contributed by atoms with Gasteiger partial charge in [-0.15, -0.1) is 0 Å². The monoisotopic (exact) mass is 480 g/mol. The molecule has 0 heterocycles. The van der Waals surface area contributed by atoms with E-state index in [1.54, 1.807) is 45.0 Å². The third-order valence-corrected chi connectivity index (χ3v) is 6.22. The summed E-state index contributed by atoms with van der Waals surface area (Å²) in [5, 5.41) is 2.73. The van der Waals surface area contributed by atoms with Crippen molar-refractivity contribution in [2.45, 2.75) is 43.7 Å². The predicted molar refractivity (Wildman–Crippen MR) is 131 cm³/mol. The lowest BCUT2D eigenvalue weighted by Gasteiger charge is -2.24. The molecule has 3 aromatic rings. The van der Waals surface area contributed by atoms with Crippen molar-refractivity contribution in [2.75, 3.05) is 5.32 Å². The molecule has 0 aliphatic carbocycles. The molecule has 0 aliphatic rings. The van der Waals surface area contributed by atoms with Crippen LogP contribution in [0.5, 0.6) is 0 Å². The molecule has 7 nitrogen and oxygen atoms in total. The second-order valence-electron chi connectivity index (χ2n) is 8.74. The van der Waals surface area contributed by atoms with Gasteiger partial charge >= 0.3 is 5.97 Å². The van der Waals surface area contributed by atoms with Crippen LogP contribution in [0, 0.1) is 0 Å². The van der Waals surface area contributed by atoms with E-state index < -0.39 is 27.6 Å². The number of rotatable bonds is 8. The summed E-state index contributed by atoms with van der Waals surface area (Å²) in [6.07, 6.45) is 0.139. The summed E-state index contributed by atoms with van der Waals surface area (Å²) in [5.74, 6) is -0.964. The summed E-state index contributed by atoms with van der Waals surface area (Å²) in [5.41, 5.74) is 0.957. The second kappa shape index (κ2) is 10.6. The molecule has 1 unspecified atom stereocenters. The Labute approximate surface area is 200 Å². The van der Waals surface area contributed by atoms with Gasteiger partial charge in [0, 0.05) is 11.3 Å². The van der Waals surface area contributed by atoms with Gasteiger partial charge in [0.25, 0.3) is 5.91 Å². The number of esters is 1. The minimum atomic E-state index is -4.04. The van der Waals surface area contributed by atoms with E-state index in [0.717, 1.165) is 5.56 Å². The Morgan fingerprint density at radius 3 is 1.97 bits per heavy atom. The van der Waals surface area contributed by atoms with E-state index >= 15 is 0 Å². The molecule has 0 saturated carbocycles. The fraction of sp³-hybridized carbons (Fsp3) is 0.231. The van der Waals surface area contributed by atoms with Crippen molar-refractivity contribution in [1.82, 2.24) is 4.72 Å². The van der Waals surface area contributed by atoms with E-state index in [1.807, 2.05) is 36.4 Å². The molecule has 8 heteroatoms. The van der Waals surface area contributed by atoms with Crippen molar-refractivity contribution in [1.29, 1.82) is 0 Å². The van der Waals surface area contributed by atoms with Gasteiger partial charge in [-0.1, -0.05) is 48.5 Å². The first-order valence-electron chi connectivity index (χ1n) is 10.8. The first kappa shape index (κ1) is 25.1. The Kier molecular flexibility index (Phi) is 7.86. The van der Waals surface area contributed by atoms with Gasteiger partial charge in [0.15, 0.2) is 0 Å². The van der Waals surface area contributed by atoms with Gasteiger partial charge in [-0.25, -0.2) is 8.42 Å². The molecule has 178 valence electrons. The normalized spacial score (nSPS) is 12.6. The zero-order valence-corrected chi connectivity index (χ0v) is 20.1. The van der Waals surface area contributed by atoms with Crippen molar-refractivity contribution in [3.63, 3.8) is 0 Å². The van der Waals surface area contributed by atoms with Crippen LogP contribution in [-0.4, -0.2) is 31.9 Å². The first-order chi connectivity index (χ1) is 16.0. The van der Waals surface area contributed by atoms with Crippen LogP contribution in [0.1, 0.15) is 36.7 Å². The Hall–Kier alpha value is -3.49. The summed E-state index contributed by atoms with van der Waals surface area (Å²) in [6, 6.07) is 22.4. The topological polar surface area (TPSA) is 102 Å². The smallest absolute Gasteiger partial charge is 0.325 e. The van der Waals surface area contributed by atoms with E-state index in [-0.39, 0.29) is 17.2 Å². The summed E-state index contributed by atoms with van der Waals surface area (Å²) in [4.78, 5) is 25.1. The number of carbonyl (C=O) groups excluding carboxylic acids is 2. The van der Waals surface area contributed by atoms with Gasteiger partial charge in [0.2, 0.25) is 10.0 Å². The van der Waals surface area contributed by atoms with Gasteiger partial charge in [-0.3, -0.25) is 9.59 Å². The number of hydrogen-bond donors (Lipinski definition) is 2. The number of nitrogens with one attached hydrogen (secondary N) is 2. The predicted octanol–water partition coefficient (Wildman–Crippen LogP) is 4.17. The van der Waals surface area contributed by atoms with Gasteiger partial charge in [-0.05, 0) is 69.2 Å². The number of carbonyl (C=O) groups is 2. The highest BCUT2D eigenvalue weighted by Crippen LogP contribution is 2.18. The maximum atomic E-state index is 13.1. The zero-order chi connectivity index (χ0) is 24.8. The highest BCUT2D eigenvalue weighted by atomic mass is 32.2. The van der Waals surface area contributed by atoms with Crippen LogP contribution in [0.15, 0.2) is 89.8 Å². The van der Waals surface area contributed by atoms with Crippen LogP contribution in [0.4, 0.5) is 5.69 Å². The van der Waals surface area contributed by atoms with Crippen LogP contribution >= 0.6 is 0 Å². The maximum Gasteiger partial charge on any atom is 0.325 e. The van der Waals surface area contributed by atoms with Gasteiger partial charge in [0.1, 0.15) is 11.6 Å². The molecule has 2 N–H and O–H groups in total. The van der Waals surface area contributed by atoms with E-state index in [9.17, 15) is 18.0 Å². The van der Waals surface area contributed by atoms with Crippen LogP contribution in [0.2, 0.25) is 0 Å². The number of amides is 1. The Morgan fingerprint density at radius 1 is 0.853 bits per heavy atom. The highest BCUT2D eigenvalue weighted by molar-refractivity contribution is 7.89. The molecule has 0 saturated heterocycles. The first-order valence-corrected chi connectivity index (χ1v) is 12.3. The Morgan fingerprint density at radius 2 is 1.41 bits per heavy atom. The van der Waals surface area contributed by atoms with E-state index in [2.05, 4.69) is 10.0 Å². The molecule has 3 aromatic carbocycles.